The van der Waals surface area contributed by atoms with E-state index in [1.54, 1.807) is 6.07 Å². The lowest BCUT2D eigenvalue weighted by atomic mass is 9.87. The number of sulfonamides is 1. The van der Waals surface area contributed by atoms with Crippen LogP contribution in [0.25, 0.3) is 0 Å². The van der Waals surface area contributed by atoms with Crippen LogP contribution in [0.4, 0.5) is 0 Å². The first-order valence-electron chi connectivity index (χ1n) is 11.0. The van der Waals surface area contributed by atoms with Crippen LogP contribution >= 0.6 is 0 Å². The molecule has 2 aliphatic rings. The third-order valence-corrected chi connectivity index (χ3v) is 8.37. The van der Waals surface area contributed by atoms with Crippen molar-refractivity contribution < 1.29 is 17.9 Å². The maximum absolute atomic E-state index is 13.2. The van der Waals surface area contributed by atoms with Crippen LogP contribution in [0, 0.1) is 5.92 Å². The molecule has 0 radical (unpaired) electrons. The number of fused-ring (bicyclic) bond motifs is 1. The smallest absolute Gasteiger partial charge is 0.255 e. The summed E-state index contributed by atoms with van der Waals surface area (Å²) in [7, 11) is -2.16. The molecule has 6 nitrogen and oxygen atoms in total. The van der Waals surface area contributed by atoms with E-state index in [4.69, 9.17) is 4.74 Å². The van der Waals surface area contributed by atoms with Gasteiger partial charge in [-0.1, -0.05) is 31.2 Å². The molecule has 166 valence electrons. The van der Waals surface area contributed by atoms with Crippen LogP contribution < -0.4 is 10.1 Å². The molecule has 4 rings (SSSR count). The van der Waals surface area contributed by atoms with Gasteiger partial charge < -0.3 is 10.1 Å². The Morgan fingerprint density at radius 2 is 1.84 bits per heavy atom. The number of hydrogen-bond donors (Lipinski definition) is 1. The Balaban J connectivity index is 1.60. The van der Waals surface area contributed by atoms with E-state index < -0.39 is 10.0 Å². The zero-order valence-electron chi connectivity index (χ0n) is 18.1. The summed E-state index contributed by atoms with van der Waals surface area (Å²) in [5.74, 6) is 0.581. The van der Waals surface area contributed by atoms with E-state index >= 15 is 0 Å². The van der Waals surface area contributed by atoms with Crippen molar-refractivity contribution in [3.8, 4) is 5.75 Å². The Morgan fingerprint density at radius 3 is 2.58 bits per heavy atom. The minimum absolute atomic E-state index is 0.0917. The van der Waals surface area contributed by atoms with E-state index in [9.17, 15) is 13.2 Å². The number of rotatable bonds is 5. The topological polar surface area (TPSA) is 75.7 Å². The maximum atomic E-state index is 13.2. The standard InChI is InChI=1S/C24H30N2O4S/c1-17-12-14-26(15-13-17)31(28,29)19-10-11-23(30-2)21(16-19)24(27)25-22-9-5-7-18-6-3-4-8-20(18)22/h3-4,6,8,10-11,16-17,22H,5,7,9,12-15H2,1-2H3,(H,25,27)/t22-/m1/s1. The molecule has 1 fully saturated rings. The molecule has 0 bridgehead atoms. The molecular weight excluding hydrogens is 412 g/mol. The van der Waals surface area contributed by atoms with Gasteiger partial charge in [0, 0.05) is 13.1 Å². The molecule has 31 heavy (non-hydrogen) atoms. The molecule has 0 unspecified atom stereocenters. The highest BCUT2D eigenvalue weighted by molar-refractivity contribution is 7.89. The predicted molar refractivity (Wildman–Crippen MR) is 120 cm³/mol. The Bertz CT molecular complexity index is 1060. The van der Waals surface area contributed by atoms with Crippen LogP contribution in [-0.4, -0.2) is 38.8 Å². The second-order valence-electron chi connectivity index (χ2n) is 8.57. The van der Waals surface area contributed by atoms with Crippen LogP contribution in [0.15, 0.2) is 47.4 Å². The quantitative estimate of drug-likeness (QED) is 0.761. The summed E-state index contributed by atoms with van der Waals surface area (Å²) < 4.78 is 33.3. The first-order chi connectivity index (χ1) is 14.9. The Labute approximate surface area is 184 Å². The van der Waals surface area contributed by atoms with E-state index in [2.05, 4.69) is 24.4 Å². The summed E-state index contributed by atoms with van der Waals surface area (Å²) in [6.07, 6.45) is 4.57. The lowest BCUT2D eigenvalue weighted by Crippen LogP contribution is -2.38. The number of carbonyl (C=O) groups excluding carboxylic acids is 1. The first kappa shape index (κ1) is 21.8. The molecule has 1 aliphatic carbocycles. The second kappa shape index (κ2) is 9.01. The summed E-state index contributed by atoms with van der Waals surface area (Å²) >= 11 is 0. The average Bonchev–Trinajstić information content (AvgIpc) is 2.79. The van der Waals surface area contributed by atoms with Crippen LogP contribution in [0.5, 0.6) is 5.75 Å². The summed E-state index contributed by atoms with van der Waals surface area (Å²) in [5, 5.41) is 3.10. The molecule has 0 saturated carbocycles. The lowest BCUT2D eigenvalue weighted by Gasteiger charge is -2.29. The van der Waals surface area contributed by atoms with E-state index in [-0.39, 0.29) is 22.4 Å². The van der Waals surface area contributed by atoms with Gasteiger partial charge in [-0.25, -0.2) is 8.42 Å². The number of hydrogen-bond acceptors (Lipinski definition) is 4. The van der Waals surface area contributed by atoms with Crippen LogP contribution in [0.2, 0.25) is 0 Å². The van der Waals surface area contributed by atoms with E-state index in [0.717, 1.165) is 37.7 Å². The van der Waals surface area contributed by atoms with E-state index in [1.807, 2.05) is 12.1 Å². The first-order valence-corrected chi connectivity index (χ1v) is 12.4. The molecule has 2 aromatic rings. The molecule has 2 aromatic carbocycles. The van der Waals surface area contributed by atoms with Gasteiger partial charge in [-0.15, -0.1) is 0 Å². The zero-order valence-corrected chi connectivity index (χ0v) is 19.0. The maximum Gasteiger partial charge on any atom is 0.255 e. The monoisotopic (exact) mass is 442 g/mol. The SMILES string of the molecule is COc1ccc(S(=O)(=O)N2CCC(C)CC2)cc1C(=O)N[C@@H]1CCCc2ccccc21. The molecule has 1 aliphatic heterocycles. The van der Waals surface area contributed by atoms with Crippen molar-refractivity contribution in [1.82, 2.24) is 9.62 Å². The van der Waals surface area contributed by atoms with Gasteiger partial charge in [-0.3, -0.25) is 4.79 Å². The van der Waals surface area contributed by atoms with Gasteiger partial charge in [-0.05, 0) is 67.3 Å². The van der Waals surface area contributed by atoms with Crippen LogP contribution in [-0.2, 0) is 16.4 Å². The fraction of sp³-hybridized carbons (Fsp3) is 0.458. The van der Waals surface area contributed by atoms with Gasteiger partial charge in [0.05, 0.1) is 23.6 Å². The summed E-state index contributed by atoms with van der Waals surface area (Å²) in [4.78, 5) is 13.3. The van der Waals surface area contributed by atoms with Crippen molar-refractivity contribution in [2.24, 2.45) is 5.92 Å². The number of ether oxygens (including phenoxy) is 1. The van der Waals surface area contributed by atoms with Crippen molar-refractivity contribution in [2.45, 2.75) is 50.0 Å². The Morgan fingerprint density at radius 1 is 1.10 bits per heavy atom. The number of nitrogens with zero attached hydrogens (tertiary/aromatic N) is 1. The number of carbonyl (C=O) groups is 1. The van der Waals surface area contributed by atoms with Crippen molar-refractivity contribution in [2.75, 3.05) is 20.2 Å². The highest BCUT2D eigenvalue weighted by Gasteiger charge is 2.30. The van der Waals surface area contributed by atoms with Crippen molar-refractivity contribution in [3.05, 3.63) is 59.2 Å². The molecule has 1 amide bonds. The largest absolute Gasteiger partial charge is 0.496 e. The second-order valence-corrected chi connectivity index (χ2v) is 10.5. The van der Waals surface area contributed by atoms with Crippen LogP contribution in [0.3, 0.4) is 0 Å². The van der Waals surface area contributed by atoms with Gasteiger partial charge in [0.1, 0.15) is 5.75 Å². The van der Waals surface area contributed by atoms with Crippen molar-refractivity contribution in [1.29, 1.82) is 0 Å². The van der Waals surface area contributed by atoms with E-state index in [1.165, 1.54) is 29.1 Å². The highest BCUT2D eigenvalue weighted by Crippen LogP contribution is 2.31. The van der Waals surface area contributed by atoms with Gasteiger partial charge in [0.25, 0.3) is 5.91 Å². The minimum atomic E-state index is -3.65. The summed E-state index contributed by atoms with van der Waals surface area (Å²) in [6, 6.07) is 12.6. The Hall–Kier alpha value is -2.38. The average molecular weight is 443 g/mol. The fourth-order valence-corrected chi connectivity index (χ4v) is 6.04. The molecular formula is C24H30N2O4S. The number of aryl methyl sites for hydroxylation is 1. The van der Waals surface area contributed by atoms with Gasteiger partial charge in [0.15, 0.2) is 0 Å². The number of nitrogens with one attached hydrogen (secondary N) is 1. The lowest BCUT2D eigenvalue weighted by molar-refractivity contribution is 0.0929. The third-order valence-electron chi connectivity index (χ3n) is 6.47. The number of benzene rings is 2. The van der Waals surface area contributed by atoms with Gasteiger partial charge in [-0.2, -0.15) is 4.31 Å². The predicted octanol–water partition coefficient (Wildman–Crippen LogP) is 3.92. The number of methoxy groups -OCH3 is 1. The summed E-state index contributed by atoms with van der Waals surface area (Å²) in [6.45, 7) is 3.16. The van der Waals surface area contributed by atoms with E-state index in [0.29, 0.717) is 24.8 Å². The summed E-state index contributed by atoms with van der Waals surface area (Å²) in [5.41, 5.74) is 2.63. The molecule has 0 aromatic heterocycles. The fourth-order valence-electron chi connectivity index (χ4n) is 4.54. The third kappa shape index (κ3) is 4.48. The highest BCUT2D eigenvalue weighted by atomic mass is 32.2. The van der Waals surface area contributed by atoms with Gasteiger partial charge >= 0.3 is 0 Å². The van der Waals surface area contributed by atoms with Crippen molar-refractivity contribution in [3.63, 3.8) is 0 Å². The molecule has 0 spiro atoms. The number of amides is 1. The zero-order chi connectivity index (χ0) is 22.0. The molecule has 1 N–H and O–H groups in total. The van der Waals surface area contributed by atoms with Crippen molar-refractivity contribution >= 4 is 15.9 Å². The minimum Gasteiger partial charge on any atom is -0.496 e. The molecule has 1 heterocycles. The molecule has 7 heteroatoms. The Kier molecular flexibility index (Phi) is 6.34. The normalized spacial score (nSPS) is 20.1. The molecule has 1 saturated heterocycles. The van der Waals surface area contributed by atoms with Crippen LogP contribution in [0.1, 0.15) is 60.1 Å². The number of piperidine rings is 1. The van der Waals surface area contributed by atoms with Gasteiger partial charge in [0.2, 0.25) is 10.0 Å². The molecule has 1 atom stereocenters.